The molecule has 0 bridgehead atoms. The second kappa shape index (κ2) is 14.6. The summed E-state index contributed by atoms with van der Waals surface area (Å²) < 4.78 is 26.2. The second-order valence-corrected chi connectivity index (χ2v) is 12.6. The maximum absolute atomic E-state index is 13.6. The highest BCUT2D eigenvalue weighted by Gasteiger charge is 2.30. The topological polar surface area (TPSA) is 86.8 Å². The number of benzene rings is 2. The van der Waals surface area contributed by atoms with Crippen molar-refractivity contribution in [3.63, 3.8) is 0 Å². The SMILES string of the molecule is CCC(C)NC(=O)C(CC)N(Cc1c(Cl)cccc1Cl)C(=O)CCCN(c1cc(Cl)ccc1Cl)S(C)(=O)=O. The minimum atomic E-state index is -3.72. The lowest BCUT2D eigenvalue weighted by molar-refractivity contribution is -0.141. The van der Waals surface area contributed by atoms with Gasteiger partial charge in [-0.15, -0.1) is 0 Å². The molecule has 0 heterocycles. The maximum Gasteiger partial charge on any atom is 0.243 e. The van der Waals surface area contributed by atoms with Gasteiger partial charge in [-0.25, -0.2) is 8.42 Å². The van der Waals surface area contributed by atoms with Gasteiger partial charge in [-0.05, 0) is 56.5 Å². The number of hydrogen-bond donors (Lipinski definition) is 1. The molecule has 2 amide bonds. The standard InChI is InChI=1S/C26H33Cl4N3O4S/c1-5-17(3)31-26(35)23(6-2)32(16-19-20(28)9-7-10-21(19)29)25(34)11-8-14-33(38(4,36)37)24-15-18(27)12-13-22(24)30/h7,9-10,12-13,15,17,23H,5-6,8,11,14,16H2,1-4H3,(H,31,35). The first kappa shape index (κ1) is 32.5. The molecule has 2 rings (SSSR count). The molecule has 0 aliphatic heterocycles. The molecule has 0 aliphatic rings. The molecular formula is C26H33Cl4N3O4S. The lowest BCUT2D eigenvalue weighted by Crippen LogP contribution is -2.50. The summed E-state index contributed by atoms with van der Waals surface area (Å²) in [5, 5.41) is 4.25. The van der Waals surface area contributed by atoms with Crippen LogP contribution in [0.2, 0.25) is 20.1 Å². The second-order valence-electron chi connectivity index (χ2n) is 9.00. The first-order valence-electron chi connectivity index (χ1n) is 12.3. The van der Waals surface area contributed by atoms with Gasteiger partial charge in [0.05, 0.1) is 17.0 Å². The molecule has 2 aromatic carbocycles. The fraction of sp³-hybridized carbons (Fsp3) is 0.462. The van der Waals surface area contributed by atoms with Crippen LogP contribution < -0.4 is 9.62 Å². The van der Waals surface area contributed by atoms with Gasteiger partial charge < -0.3 is 10.2 Å². The molecule has 12 heteroatoms. The van der Waals surface area contributed by atoms with Gasteiger partial charge in [-0.2, -0.15) is 0 Å². The smallest absolute Gasteiger partial charge is 0.243 e. The summed E-state index contributed by atoms with van der Waals surface area (Å²) in [6.07, 6.45) is 2.30. The summed E-state index contributed by atoms with van der Waals surface area (Å²) in [7, 11) is -3.72. The molecule has 0 saturated heterocycles. The van der Waals surface area contributed by atoms with Crippen molar-refractivity contribution >= 4 is 73.9 Å². The first-order valence-corrected chi connectivity index (χ1v) is 15.6. The Kier molecular flexibility index (Phi) is 12.5. The van der Waals surface area contributed by atoms with Gasteiger partial charge in [-0.3, -0.25) is 13.9 Å². The minimum absolute atomic E-state index is 0.0127. The molecule has 210 valence electrons. The summed E-state index contributed by atoms with van der Waals surface area (Å²) in [6, 6.07) is 8.75. The van der Waals surface area contributed by atoms with Crippen LogP contribution in [0, 0.1) is 0 Å². The molecule has 38 heavy (non-hydrogen) atoms. The quantitative estimate of drug-likeness (QED) is 0.273. The Balaban J connectivity index is 2.32. The zero-order valence-electron chi connectivity index (χ0n) is 21.8. The number of nitrogens with zero attached hydrogens (tertiary/aromatic N) is 2. The largest absolute Gasteiger partial charge is 0.352 e. The molecule has 2 unspecified atom stereocenters. The Bertz CT molecular complexity index is 1220. The fourth-order valence-corrected chi connectivity index (χ4v) is 5.80. The Hall–Kier alpha value is -1.71. The van der Waals surface area contributed by atoms with Crippen molar-refractivity contribution in [2.24, 2.45) is 0 Å². The molecule has 2 aromatic rings. The number of halogens is 4. The van der Waals surface area contributed by atoms with E-state index in [-0.39, 0.29) is 54.5 Å². The highest BCUT2D eigenvalue weighted by Crippen LogP contribution is 2.31. The van der Waals surface area contributed by atoms with E-state index < -0.39 is 16.1 Å². The molecular weight excluding hydrogens is 592 g/mol. The molecule has 0 aromatic heterocycles. The monoisotopic (exact) mass is 623 g/mol. The van der Waals surface area contributed by atoms with Crippen LogP contribution in [0.4, 0.5) is 5.69 Å². The molecule has 7 nitrogen and oxygen atoms in total. The summed E-state index contributed by atoms with van der Waals surface area (Å²) in [5.41, 5.74) is 0.760. The van der Waals surface area contributed by atoms with Gasteiger partial charge in [0.2, 0.25) is 21.8 Å². The van der Waals surface area contributed by atoms with Crippen molar-refractivity contribution in [1.82, 2.24) is 10.2 Å². The lowest BCUT2D eigenvalue weighted by Gasteiger charge is -2.32. The van der Waals surface area contributed by atoms with Crippen molar-refractivity contribution in [2.45, 2.75) is 65.1 Å². The predicted octanol–water partition coefficient (Wildman–Crippen LogP) is 6.57. The van der Waals surface area contributed by atoms with E-state index in [0.29, 0.717) is 27.1 Å². The molecule has 0 spiro atoms. The lowest BCUT2D eigenvalue weighted by atomic mass is 10.1. The molecule has 0 aliphatic carbocycles. The third kappa shape index (κ3) is 8.91. The van der Waals surface area contributed by atoms with E-state index in [9.17, 15) is 18.0 Å². The number of carbonyl (C=O) groups is 2. The minimum Gasteiger partial charge on any atom is -0.352 e. The average molecular weight is 625 g/mol. The van der Waals surface area contributed by atoms with Crippen molar-refractivity contribution in [3.05, 3.63) is 62.1 Å². The zero-order chi connectivity index (χ0) is 28.6. The molecule has 0 saturated carbocycles. The zero-order valence-corrected chi connectivity index (χ0v) is 25.6. The van der Waals surface area contributed by atoms with Crippen molar-refractivity contribution in [3.8, 4) is 0 Å². The number of hydrogen-bond acceptors (Lipinski definition) is 4. The predicted molar refractivity (Wildman–Crippen MR) is 157 cm³/mol. The van der Waals surface area contributed by atoms with E-state index >= 15 is 0 Å². The Labute approximate surface area is 245 Å². The van der Waals surface area contributed by atoms with E-state index in [2.05, 4.69) is 5.32 Å². The van der Waals surface area contributed by atoms with Gasteiger partial charge in [0, 0.05) is 46.2 Å². The average Bonchev–Trinajstić information content (AvgIpc) is 2.84. The Morgan fingerprint density at radius 1 is 0.974 bits per heavy atom. The highest BCUT2D eigenvalue weighted by molar-refractivity contribution is 7.92. The number of rotatable bonds is 13. The third-order valence-electron chi connectivity index (χ3n) is 6.11. The van der Waals surface area contributed by atoms with Gasteiger partial charge in [-0.1, -0.05) is 66.3 Å². The van der Waals surface area contributed by atoms with Crippen LogP contribution in [0.25, 0.3) is 0 Å². The van der Waals surface area contributed by atoms with Crippen LogP contribution in [0.5, 0.6) is 0 Å². The summed E-state index contributed by atoms with van der Waals surface area (Å²) in [5.74, 6) is -0.611. The van der Waals surface area contributed by atoms with Crippen LogP contribution in [0.1, 0.15) is 52.0 Å². The molecule has 2 atom stereocenters. The Morgan fingerprint density at radius 3 is 2.16 bits per heavy atom. The van der Waals surface area contributed by atoms with Crippen LogP contribution in [0.3, 0.4) is 0 Å². The van der Waals surface area contributed by atoms with Crippen LogP contribution >= 0.6 is 46.4 Å². The first-order chi connectivity index (χ1) is 17.8. The van der Waals surface area contributed by atoms with Crippen molar-refractivity contribution < 1.29 is 18.0 Å². The van der Waals surface area contributed by atoms with E-state index in [1.165, 1.54) is 17.0 Å². The molecule has 0 fully saturated rings. The number of nitrogens with one attached hydrogen (secondary N) is 1. The number of carbonyl (C=O) groups excluding carboxylic acids is 2. The van der Waals surface area contributed by atoms with Crippen molar-refractivity contribution in [1.29, 1.82) is 0 Å². The summed E-state index contributed by atoms with van der Waals surface area (Å²) >= 11 is 25.1. The van der Waals surface area contributed by atoms with Crippen LogP contribution in [-0.4, -0.2) is 50.0 Å². The van der Waals surface area contributed by atoms with E-state index in [1.54, 1.807) is 24.3 Å². The maximum atomic E-state index is 13.6. The van der Waals surface area contributed by atoms with Gasteiger partial charge in [0.25, 0.3) is 0 Å². The summed E-state index contributed by atoms with van der Waals surface area (Å²) in [6.45, 7) is 5.68. The van der Waals surface area contributed by atoms with E-state index in [4.69, 9.17) is 46.4 Å². The normalized spacial score (nSPS) is 13.1. The number of anilines is 1. The van der Waals surface area contributed by atoms with Crippen LogP contribution in [-0.2, 0) is 26.2 Å². The number of amides is 2. The Morgan fingerprint density at radius 2 is 1.61 bits per heavy atom. The van der Waals surface area contributed by atoms with Crippen molar-refractivity contribution in [2.75, 3.05) is 17.1 Å². The molecule has 0 radical (unpaired) electrons. The van der Waals surface area contributed by atoms with E-state index in [0.717, 1.165) is 17.0 Å². The summed E-state index contributed by atoms with van der Waals surface area (Å²) in [4.78, 5) is 28.2. The van der Waals surface area contributed by atoms with Gasteiger partial charge in [0.1, 0.15) is 6.04 Å². The fourth-order valence-electron chi connectivity index (χ4n) is 3.87. The van der Waals surface area contributed by atoms with Crippen LogP contribution in [0.15, 0.2) is 36.4 Å². The third-order valence-corrected chi connectivity index (χ3v) is 8.55. The number of sulfonamides is 1. The van der Waals surface area contributed by atoms with Gasteiger partial charge in [0.15, 0.2) is 0 Å². The van der Waals surface area contributed by atoms with E-state index in [1.807, 2.05) is 20.8 Å². The molecule has 1 N–H and O–H groups in total. The van der Waals surface area contributed by atoms with Gasteiger partial charge >= 0.3 is 0 Å². The highest BCUT2D eigenvalue weighted by atomic mass is 35.5.